The summed E-state index contributed by atoms with van der Waals surface area (Å²) in [4.78, 5) is 1.28. The highest BCUT2D eigenvalue weighted by Gasteiger charge is 2.21. The molecule has 1 aromatic heterocycles. The second-order valence-corrected chi connectivity index (χ2v) is 5.38. The van der Waals surface area contributed by atoms with Crippen molar-refractivity contribution in [1.82, 2.24) is 5.32 Å². The number of rotatable bonds is 4. The lowest BCUT2D eigenvalue weighted by Crippen LogP contribution is -2.36. The lowest BCUT2D eigenvalue weighted by molar-refractivity contribution is 0.0833. The minimum Gasteiger partial charge on any atom is -0.377 e. The molecule has 0 radical (unpaired) electrons. The smallest absolute Gasteiger partial charge is 0.0726 e. The molecule has 1 fully saturated rings. The van der Waals surface area contributed by atoms with Crippen molar-refractivity contribution in [2.45, 2.75) is 38.5 Å². The van der Waals surface area contributed by atoms with Crippen LogP contribution in [-0.2, 0) is 11.3 Å². The van der Waals surface area contributed by atoms with Crippen LogP contribution in [0.1, 0.15) is 24.6 Å². The van der Waals surface area contributed by atoms with E-state index >= 15 is 0 Å². The molecule has 84 valence electrons. The molecule has 1 saturated heterocycles. The maximum atomic E-state index is 5.86. The van der Waals surface area contributed by atoms with Crippen LogP contribution >= 0.6 is 22.9 Å². The quantitative estimate of drug-likeness (QED) is 0.881. The van der Waals surface area contributed by atoms with Gasteiger partial charge in [0.05, 0.1) is 11.1 Å². The molecule has 15 heavy (non-hydrogen) atoms. The summed E-state index contributed by atoms with van der Waals surface area (Å²) in [7, 11) is 0. The summed E-state index contributed by atoms with van der Waals surface area (Å²) in [5, 5.41) is 6.28. The van der Waals surface area contributed by atoms with Gasteiger partial charge in [0.2, 0.25) is 0 Å². The highest BCUT2D eigenvalue weighted by Crippen LogP contribution is 2.20. The Balaban J connectivity index is 1.77. The zero-order chi connectivity index (χ0) is 10.7. The first kappa shape index (κ1) is 11.4. The lowest BCUT2D eigenvalue weighted by atomic mass is 10.1. The van der Waals surface area contributed by atoms with E-state index < -0.39 is 0 Å². The van der Waals surface area contributed by atoms with Crippen LogP contribution in [-0.4, -0.2) is 18.8 Å². The number of ether oxygens (including phenoxy) is 1. The lowest BCUT2D eigenvalue weighted by Gasteiger charge is -2.19. The monoisotopic (exact) mass is 245 g/mol. The molecule has 0 aliphatic carbocycles. The van der Waals surface area contributed by atoms with E-state index in [9.17, 15) is 0 Å². The van der Waals surface area contributed by atoms with E-state index in [0.717, 1.165) is 18.2 Å². The Bertz CT molecular complexity index is 309. The molecule has 1 aromatic rings. The summed E-state index contributed by atoms with van der Waals surface area (Å²) >= 11 is 7.56. The summed E-state index contributed by atoms with van der Waals surface area (Å²) in [5.74, 6) is 0. The second-order valence-electron chi connectivity index (χ2n) is 3.95. The third kappa shape index (κ3) is 3.18. The summed E-state index contributed by atoms with van der Waals surface area (Å²) in [6, 6.07) is 2.44. The predicted molar refractivity (Wildman–Crippen MR) is 64.6 cm³/mol. The molecule has 1 aliphatic heterocycles. The Morgan fingerprint density at radius 3 is 3.20 bits per heavy atom. The molecule has 4 heteroatoms. The Labute approximate surface area is 99.6 Å². The summed E-state index contributed by atoms with van der Waals surface area (Å²) in [6.07, 6.45) is 2.77. The van der Waals surface area contributed by atoms with Crippen LogP contribution in [0.3, 0.4) is 0 Å². The number of hydrogen-bond acceptors (Lipinski definition) is 3. The standard InChI is InChI=1S/C11H16ClNOS/c1-8(11-3-2-4-14-11)13-6-10-5-9(12)7-15-10/h5,7-8,11,13H,2-4,6H2,1H3. The van der Waals surface area contributed by atoms with Gasteiger partial charge in [-0.3, -0.25) is 0 Å². The molecule has 0 aromatic carbocycles. The molecule has 1 N–H and O–H groups in total. The largest absolute Gasteiger partial charge is 0.377 e. The van der Waals surface area contributed by atoms with Crippen molar-refractivity contribution in [2.24, 2.45) is 0 Å². The molecular weight excluding hydrogens is 230 g/mol. The van der Waals surface area contributed by atoms with E-state index in [1.807, 2.05) is 11.4 Å². The van der Waals surface area contributed by atoms with Gasteiger partial charge in [-0.15, -0.1) is 11.3 Å². The second kappa shape index (κ2) is 5.30. The highest BCUT2D eigenvalue weighted by molar-refractivity contribution is 7.10. The Kier molecular flexibility index (Phi) is 4.03. The van der Waals surface area contributed by atoms with Crippen LogP contribution in [0, 0.1) is 0 Å². The zero-order valence-electron chi connectivity index (χ0n) is 8.83. The molecule has 0 saturated carbocycles. The minimum atomic E-state index is 0.389. The van der Waals surface area contributed by atoms with Crippen molar-refractivity contribution in [3.05, 3.63) is 21.3 Å². The van der Waals surface area contributed by atoms with Gasteiger partial charge in [0, 0.05) is 29.5 Å². The number of thiophene rings is 1. The molecule has 2 unspecified atom stereocenters. The molecule has 1 aliphatic rings. The van der Waals surface area contributed by atoms with Crippen LogP contribution in [0.2, 0.25) is 5.02 Å². The van der Waals surface area contributed by atoms with Gasteiger partial charge in [0.25, 0.3) is 0 Å². The van der Waals surface area contributed by atoms with Gasteiger partial charge in [0.15, 0.2) is 0 Å². The maximum Gasteiger partial charge on any atom is 0.0726 e. The third-order valence-electron chi connectivity index (χ3n) is 2.74. The first-order chi connectivity index (χ1) is 7.25. The number of nitrogens with one attached hydrogen (secondary N) is 1. The van der Waals surface area contributed by atoms with Crippen molar-refractivity contribution in [1.29, 1.82) is 0 Å². The van der Waals surface area contributed by atoms with Crippen LogP contribution in [0.5, 0.6) is 0 Å². The van der Waals surface area contributed by atoms with Crippen molar-refractivity contribution in [3.8, 4) is 0 Å². The zero-order valence-corrected chi connectivity index (χ0v) is 10.4. The van der Waals surface area contributed by atoms with Crippen LogP contribution in [0.25, 0.3) is 0 Å². The van der Waals surface area contributed by atoms with Crippen molar-refractivity contribution >= 4 is 22.9 Å². The van der Waals surface area contributed by atoms with E-state index in [1.54, 1.807) is 11.3 Å². The minimum absolute atomic E-state index is 0.389. The molecule has 0 bridgehead atoms. The van der Waals surface area contributed by atoms with E-state index in [4.69, 9.17) is 16.3 Å². The van der Waals surface area contributed by atoms with Gasteiger partial charge in [-0.1, -0.05) is 11.6 Å². The summed E-state index contributed by atoms with van der Waals surface area (Å²) in [5.41, 5.74) is 0. The van der Waals surface area contributed by atoms with E-state index in [0.29, 0.717) is 12.1 Å². The van der Waals surface area contributed by atoms with E-state index in [1.165, 1.54) is 17.7 Å². The average molecular weight is 246 g/mol. The topological polar surface area (TPSA) is 21.3 Å². The van der Waals surface area contributed by atoms with E-state index in [2.05, 4.69) is 12.2 Å². The van der Waals surface area contributed by atoms with Crippen molar-refractivity contribution in [3.63, 3.8) is 0 Å². The van der Waals surface area contributed by atoms with Gasteiger partial charge < -0.3 is 10.1 Å². The van der Waals surface area contributed by atoms with Gasteiger partial charge in [-0.25, -0.2) is 0 Å². The Morgan fingerprint density at radius 1 is 1.73 bits per heavy atom. The third-order valence-corrected chi connectivity index (χ3v) is 4.03. The normalized spacial score (nSPS) is 23.2. The summed E-state index contributed by atoms with van der Waals surface area (Å²) < 4.78 is 5.62. The molecule has 2 rings (SSSR count). The highest BCUT2D eigenvalue weighted by atomic mass is 35.5. The van der Waals surface area contributed by atoms with Crippen molar-refractivity contribution < 1.29 is 4.74 Å². The number of halogens is 1. The fraction of sp³-hybridized carbons (Fsp3) is 0.636. The van der Waals surface area contributed by atoms with Crippen molar-refractivity contribution in [2.75, 3.05) is 6.61 Å². The van der Waals surface area contributed by atoms with Gasteiger partial charge in [-0.2, -0.15) is 0 Å². The fourth-order valence-electron chi connectivity index (χ4n) is 1.84. The van der Waals surface area contributed by atoms with Gasteiger partial charge in [0.1, 0.15) is 0 Å². The molecule has 2 nitrogen and oxygen atoms in total. The summed E-state index contributed by atoms with van der Waals surface area (Å²) in [6.45, 7) is 3.99. The van der Waals surface area contributed by atoms with Gasteiger partial charge >= 0.3 is 0 Å². The van der Waals surface area contributed by atoms with Gasteiger partial charge in [-0.05, 0) is 25.8 Å². The molecular formula is C11H16ClNOS. The fourth-order valence-corrected chi connectivity index (χ4v) is 2.86. The van der Waals surface area contributed by atoms with E-state index in [-0.39, 0.29) is 0 Å². The molecule has 2 atom stereocenters. The Morgan fingerprint density at radius 2 is 2.60 bits per heavy atom. The van der Waals surface area contributed by atoms with Crippen LogP contribution < -0.4 is 5.32 Å². The van der Waals surface area contributed by atoms with Crippen LogP contribution in [0.4, 0.5) is 0 Å². The maximum absolute atomic E-state index is 5.86. The molecule has 2 heterocycles. The van der Waals surface area contributed by atoms with Crippen LogP contribution in [0.15, 0.2) is 11.4 Å². The first-order valence-corrected chi connectivity index (χ1v) is 6.59. The average Bonchev–Trinajstić information content (AvgIpc) is 2.84. The molecule has 0 amide bonds. The number of hydrogen-bond donors (Lipinski definition) is 1. The molecule has 0 spiro atoms. The predicted octanol–water partition coefficient (Wildman–Crippen LogP) is 3.06. The Hall–Kier alpha value is -0.0900. The SMILES string of the molecule is CC(NCc1cc(Cl)cs1)C1CCCO1. The first-order valence-electron chi connectivity index (χ1n) is 5.33.